The molecule has 1 amide bonds. The fourth-order valence-corrected chi connectivity index (χ4v) is 3.16. The molecule has 4 heteroatoms. The summed E-state index contributed by atoms with van der Waals surface area (Å²) in [5, 5.41) is 12.2. The Balaban J connectivity index is 1.98. The number of hydrogen-bond donors (Lipinski definition) is 2. The van der Waals surface area contributed by atoms with Gasteiger partial charge in [-0.25, -0.2) is 0 Å². The molecule has 0 aromatic heterocycles. The van der Waals surface area contributed by atoms with Crippen molar-refractivity contribution in [2.75, 3.05) is 25.0 Å². The van der Waals surface area contributed by atoms with E-state index in [-0.39, 0.29) is 12.5 Å². The van der Waals surface area contributed by atoms with E-state index in [1.165, 1.54) is 12.8 Å². The molecular formula is C17H26N2O2. The molecule has 0 saturated heterocycles. The van der Waals surface area contributed by atoms with Gasteiger partial charge in [0.2, 0.25) is 5.91 Å². The minimum atomic E-state index is 0.00718. The highest BCUT2D eigenvalue weighted by Crippen LogP contribution is 2.24. The maximum absolute atomic E-state index is 12.3. The van der Waals surface area contributed by atoms with Gasteiger partial charge in [0, 0.05) is 18.3 Å². The quantitative estimate of drug-likeness (QED) is 0.846. The minimum absolute atomic E-state index is 0.00718. The van der Waals surface area contributed by atoms with Crippen LogP contribution >= 0.6 is 0 Å². The number of aryl methyl sites for hydroxylation is 2. The van der Waals surface area contributed by atoms with Gasteiger partial charge in [0.1, 0.15) is 0 Å². The standard InChI is InChI=1S/C17H26N2O2/c1-13-6-5-7-14(2)17(13)18-16(21)12-19(10-11-20)15-8-3-4-9-15/h5-7,15,20H,3-4,8-12H2,1-2H3,(H,18,21). The third kappa shape index (κ3) is 4.29. The number of anilines is 1. The largest absolute Gasteiger partial charge is 0.395 e. The van der Waals surface area contributed by atoms with Crippen LogP contribution in [0.1, 0.15) is 36.8 Å². The van der Waals surface area contributed by atoms with Crippen LogP contribution in [-0.4, -0.2) is 41.7 Å². The molecule has 1 aliphatic carbocycles. The number of aliphatic hydroxyl groups excluding tert-OH is 1. The number of nitrogens with zero attached hydrogens (tertiary/aromatic N) is 1. The summed E-state index contributed by atoms with van der Waals surface area (Å²) in [6.07, 6.45) is 4.73. The van der Waals surface area contributed by atoms with E-state index in [0.717, 1.165) is 29.7 Å². The highest BCUT2D eigenvalue weighted by atomic mass is 16.3. The fraction of sp³-hybridized carbons (Fsp3) is 0.588. The van der Waals surface area contributed by atoms with Crippen molar-refractivity contribution in [3.63, 3.8) is 0 Å². The first kappa shape index (κ1) is 16.0. The second-order valence-electron chi connectivity index (χ2n) is 5.95. The summed E-state index contributed by atoms with van der Waals surface area (Å²) in [6, 6.07) is 6.45. The van der Waals surface area contributed by atoms with E-state index in [0.29, 0.717) is 19.1 Å². The molecule has 0 unspecified atom stereocenters. The molecule has 0 radical (unpaired) electrons. The Kier molecular flexibility index (Phi) is 5.76. The van der Waals surface area contributed by atoms with Crippen molar-refractivity contribution in [2.45, 2.75) is 45.6 Å². The van der Waals surface area contributed by atoms with Crippen molar-refractivity contribution >= 4 is 11.6 Å². The second kappa shape index (κ2) is 7.57. The molecule has 1 aromatic rings. The molecule has 1 fully saturated rings. The zero-order valence-corrected chi connectivity index (χ0v) is 13.1. The van der Waals surface area contributed by atoms with Crippen LogP contribution in [0.2, 0.25) is 0 Å². The van der Waals surface area contributed by atoms with E-state index in [1.54, 1.807) is 0 Å². The van der Waals surface area contributed by atoms with Crippen molar-refractivity contribution in [3.05, 3.63) is 29.3 Å². The molecule has 0 bridgehead atoms. The Morgan fingerprint density at radius 1 is 1.29 bits per heavy atom. The number of aliphatic hydroxyl groups is 1. The summed E-state index contributed by atoms with van der Waals surface area (Å²) in [4.78, 5) is 14.4. The Morgan fingerprint density at radius 2 is 1.90 bits per heavy atom. The highest BCUT2D eigenvalue weighted by Gasteiger charge is 2.24. The monoisotopic (exact) mass is 290 g/mol. The van der Waals surface area contributed by atoms with Gasteiger partial charge in [-0.05, 0) is 37.8 Å². The maximum Gasteiger partial charge on any atom is 0.238 e. The number of para-hydroxylation sites is 1. The molecular weight excluding hydrogens is 264 g/mol. The maximum atomic E-state index is 12.3. The van der Waals surface area contributed by atoms with Crippen molar-refractivity contribution in [2.24, 2.45) is 0 Å². The average Bonchev–Trinajstić information content (AvgIpc) is 2.97. The molecule has 116 valence electrons. The minimum Gasteiger partial charge on any atom is -0.395 e. The fourth-order valence-electron chi connectivity index (χ4n) is 3.16. The smallest absolute Gasteiger partial charge is 0.238 e. The van der Waals surface area contributed by atoms with E-state index >= 15 is 0 Å². The summed E-state index contributed by atoms with van der Waals surface area (Å²) in [7, 11) is 0. The first-order chi connectivity index (χ1) is 10.1. The van der Waals surface area contributed by atoms with E-state index in [2.05, 4.69) is 10.2 Å². The predicted octanol–water partition coefficient (Wildman–Crippen LogP) is 2.48. The Bertz CT molecular complexity index is 461. The van der Waals surface area contributed by atoms with Crippen LogP contribution < -0.4 is 5.32 Å². The third-order valence-electron chi connectivity index (χ3n) is 4.32. The van der Waals surface area contributed by atoms with E-state index in [9.17, 15) is 9.90 Å². The summed E-state index contributed by atoms with van der Waals surface area (Å²) in [5.74, 6) is 0.00718. The van der Waals surface area contributed by atoms with Crippen LogP contribution in [0.15, 0.2) is 18.2 Å². The molecule has 1 saturated carbocycles. The van der Waals surface area contributed by atoms with E-state index < -0.39 is 0 Å². The van der Waals surface area contributed by atoms with Crippen molar-refractivity contribution in [1.29, 1.82) is 0 Å². The second-order valence-corrected chi connectivity index (χ2v) is 5.95. The lowest BCUT2D eigenvalue weighted by molar-refractivity contribution is -0.118. The van der Waals surface area contributed by atoms with Crippen LogP contribution in [0.25, 0.3) is 0 Å². The molecule has 0 atom stereocenters. The number of hydrogen-bond acceptors (Lipinski definition) is 3. The molecule has 4 nitrogen and oxygen atoms in total. The summed E-state index contributed by atoms with van der Waals surface area (Å²) >= 11 is 0. The summed E-state index contributed by atoms with van der Waals surface area (Å²) in [5.41, 5.74) is 3.08. The molecule has 21 heavy (non-hydrogen) atoms. The summed E-state index contributed by atoms with van der Waals surface area (Å²) < 4.78 is 0. The SMILES string of the molecule is Cc1cccc(C)c1NC(=O)CN(CCO)C1CCCC1. The van der Waals surface area contributed by atoms with E-state index in [4.69, 9.17) is 0 Å². The third-order valence-corrected chi connectivity index (χ3v) is 4.32. The van der Waals surface area contributed by atoms with Gasteiger partial charge >= 0.3 is 0 Å². The molecule has 0 heterocycles. The molecule has 2 N–H and O–H groups in total. The number of carbonyl (C=O) groups is 1. The van der Waals surface area contributed by atoms with Gasteiger partial charge in [-0.2, -0.15) is 0 Å². The first-order valence-corrected chi connectivity index (χ1v) is 7.83. The topological polar surface area (TPSA) is 52.6 Å². The van der Waals surface area contributed by atoms with Gasteiger partial charge in [-0.3, -0.25) is 9.69 Å². The van der Waals surface area contributed by atoms with Gasteiger partial charge in [0.05, 0.1) is 13.2 Å². The number of amides is 1. The van der Waals surface area contributed by atoms with Gasteiger partial charge in [-0.1, -0.05) is 31.0 Å². The lowest BCUT2D eigenvalue weighted by Gasteiger charge is -2.27. The molecule has 0 spiro atoms. The summed E-state index contributed by atoms with van der Waals surface area (Å²) in [6.45, 7) is 5.05. The van der Waals surface area contributed by atoms with Gasteiger partial charge in [-0.15, -0.1) is 0 Å². The predicted molar refractivity (Wildman–Crippen MR) is 85.5 cm³/mol. The zero-order valence-electron chi connectivity index (χ0n) is 13.1. The van der Waals surface area contributed by atoms with Crippen molar-refractivity contribution < 1.29 is 9.90 Å². The average molecular weight is 290 g/mol. The van der Waals surface area contributed by atoms with Gasteiger partial charge in [0.15, 0.2) is 0 Å². The van der Waals surface area contributed by atoms with Gasteiger partial charge in [0.25, 0.3) is 0 Å². The zero-order chi connectivity index (χ0) is 15.2. The molecule has 2 rings (SSSR count). The van der Waals surface area contributed by atoms with Crippen molar-refractivity contribution in [3.8, 4) is 0 Å². The van der Waals surface area contributed by atoms with Crippen LogP contribution in [0.3, 0.4) is 0 Å². The van der Waals surface area contributed by atoms with Crippen LogP contribution in [0.5, 0.6) is 0 Å². The normalized spacial score (nSPS) is 15.6. The highest BCUT2D eigenvalue weighted by molar-refractivity contribution is 5.93. The Morgan fingerprint density at radius 3 is 2.48 bits per heavy atom. The Hall–Kier alpha value is -1.39. The van der Waals surface area contributed by atoms with E-state index in [1.807, 2.05) is 32.0 Å². The number of rotatable bonds is 6. The van der Waals surface area contributed by atoms with Crippen LogP contribution in [0.4, 0.5) is 5.69 Å². The van der Waals surface area contributed by atoms with Crippen molar-refractivity contribution in [1.82, 2.24) is 4.90 Å². The van der Waals surface area contributed by atoms with Crippen LogP contribution in [-0.2, 0) is 4.79 Å². The lowest BCUT2D eigenvalue weighted by Crippen LogP contribution is -2.41. The number of benzene rings is 1. The lowest BCUT2D eigenvalue weighted by atomic mass is 10.1. The molecule has 1 aromatic carbocycles. The number of nitrogens with one attached hydrogen (secondary N) is 1. The number of carbonyl (C=O) groups excluding carboxylic acids is 1. The van der Waals surface area contributed by atoms with Gasteiger partial charge < -0.3 is 10.4 Å². The first-order valence-electron chi connectivity index (χ1n) is 7.83. The molecule has 0 aliphatic heterocycles. The molecule has 1 aliphatic rings. The van der Waals surface area contributed by atoms with Crippen LogP contribution in [0, 0.1) is 13.8 Å². The Labute approximate surface area is 127 Å².